The van der Waals surface area contributed by atoms with Crippen LogP contribution in [-0.2, 0) is 0 Å². The summed E-state index contributed by atoms with van der Waals surface area (Å²) in [6, 6.07) is 4.51. The van der Waals surface area contributed by atoms with E-state index in [2.05, 4.69) is 31.3 Å². The van der Waals surface area contributed by atoms with Crippen molar-refractivity contribution in [1.82, 2.24) is 5.32 Å². The van der Waals surface area contributed by atoms with E-state index in [-0.39, 0.29) is 0 Å². The second-order valence-corrected chi connectivity index (χ2v) is 5.06. The van der Waals surface area contributed by atoms with Gasteiger partial charge in [0.05, 0.1) is 7.11 Å². The van der Waals surface area contributed by atoms with Crippen molar-refractivity contribution in [3.8, 4) is 5.75 Å². The first kappa shape index (κ1) is 12.4. The summed E-state index contributed by atoms with van der Waals surface area (Å²) in [5.74, 6) is 1.72. The van der Waals surface area contributed by atoms with Crippen molar-refractivity contribution in [2.45, 2.75) is 39.0 Å². The first-order valence-electron chi connectivity index (χ1n) is 6.58. The number of nitrogens with one attached hydrogen (secondary N) is 1. The maximum atomic E-state index is 5.55. The summed E-state index contributed by atoms with van der Waals surface area (Å²) in [6.45, 7) is 6.62. The van der Waals surface area contributed by atoms with Crippen LogP contribution in [-0.4, -0.2) is 20.2 Å². The fourth-order valence-corrected chi connectivity index (χ4v) is 2.64. The van der Waals surface area contributed by atoms with Crippen LogP contribution in [0, 0.1) is 13.8 Å². The number of methoxy groups -OCH3 is 1. The summed E-state index contributed by atoms with van der Waals surface area (Å²) >= 11 is 0. The molecule has 1 atom stereocenters. The second-order valence-electron chi connectivity index (χ2n) is 5.06. The van der Waals surface area contributed by atoms with Crippen LogP contribution >= 0.6 is 0 Å². The van der Waals surface area contributed by atoms with Crippen LogP contribution in [0.3, 0.4) is 0 Å². The number of benzene rings is 1. The second kappa shape index (κ2) is 5.54. The van der Waals surface area contributed by atoms with E-state index in [4.69, 9.17) is 4.74 Å². The average Bonchev–Trinajstić information content (AvgIpc) is 2.60. The molecule has 0 bridgehead atoms. The van der Waals surface area contributed by atoms with E-state index < -0.39 is 0 Å². The molecule has 2 heteroatoms. The van der Waals surface area contributed by atoms with Crippen LogP contribution in [0.5, 0.6) is 5.75 Å². The van der Waals surface area contributed by atoms with Crippen molar-refractivity contribution in [3.63, 3.8) is 0 Å². The third-order valence-corrected chi connectivity index (χ3v) is 3.86. The van der Waals surface area contributed by atoms with Gasteiger partial charge in [-0.05, 0) is 74.9 Å². The molecule has 0 saturated carbocycles. The maximum absolute atomic E-state index is 5.55. The zero-order valence-electron chi connectivity index (χ0n) is 11.2. The molecule has 94 valence electrons. The normalized spacial score (nSPS) is 21.0. The van der Waals surface area contributed by atoms with Gasteiger partial charge in [-0.3, -0.25) is 0 Å². The molecule has 0 aromatic heterocycles. The monoisotopic (exact) mass is 233 g/mol. The van der Waals surface area contributed by atoms with Crippen LogP contribution < -0.4 is 10.1 Å². The van der Waals surface area contributed by atoms with Gasteiger partial charge in [0.2, 0.25) is 0 Å². The average molecular weight is 233 g/mol. The van der Waals surface area contributed by atoms with Crippen molar-refractivity contribution >= 4 is 0 Å². The first-order valence-corrected chi connectivity index (χ1v) is 6.58. The predicted octanol–water partition coefficient (Wildman–Crippen LogP) is 3.17. The Hall–Kier alpha value is -1.02. The number of aryl methyl sites for hydroxylation is 2. The van der Waals surface area contributed by atoms with E-state index in [1.54, 1.807) is 7.11 Å². The molecule has 1 saturated heterocycles. The van der Waals surface area contributed by atoms with Gasteiger partial charge in [0.1, 0.15) is 5.75 Å². The van der Waals surface area contributed by atoms with Crippen LogP contribution in [0.4, 0.5) is 0 Å². The molecule has 1 aromatic carbocycles. The Balaban J connectivity index is 2.31. The SMILES string of the molecule is COc1cc(C)c(C)cc1C1CCCNCC1. The Bertz CT molecular complexity index is 379. The fourth-order valence-electron chi connectivity index (χ4n) is 2.64. The third-order valence-electron chi connectivity index (χ3n) is 3.86. The van der Waals surface area contributed by atoms with Crippen LogP contribution in [0.15, 0.2) is 12.1 Å². The zero-order valence-corrected chi connectivity index (χ0v) is 11.2. The molecule has 17 heavy (non-hydrogen) atoms. The molecule has 0 radical (unpaired) electrons. The van der Waals surface area contributed by atoms with Crippen molar-refractivity contribution in [3.05, 3.63) is 28.8 Å². The zero-order chi connectivity index (χ0) is 12.3. The van der Waals surface area contributed by atoms with Crippen molar-refractivity contribution in [2.75, 3.05) is 20.2 Å². The molecule has 1 aromatic rings. The minimum Gasteiger partial charge on any atom is -0.496 e. The van der Waals surface area contributed by atoms with Crippen molar-refractivity contribution < 1.29 is 4.74 Å². The van der Waals surface area contributed by atoms with Gasteiger partial charge in [-0.1, -0.05) is 6.07 Å². The fraction of sp³-hybridized carbons (Fsp3) is 0.600. The lowest BCUT2D eigenvalue weighted by molar-refractivity contribution is 0.402. The summed E-state index contributed by atoms with van der Waals surface area (Å²) in [5, 5.41) is 3.47. The minimum atomic E-state index is 0.652. The molecule has 1 unspecified atom stereocenters. The third kappa shape index (κ3) is 2.81. The van der Waals surface area contributed by atoms with E-state index in [0.717, 1.165) is 18.8 Å². The lowest BCUT2D eigenvalue weighted by atomic mass is 9.89. The van der Waals surface area contributed by atoms with Crippen molar-refractivity contribution in [1.29, 1.82) is 0 Å². The molecule has 1 aliphatic heterocycles. The van der Waals surface area contributed by atoms with E-state index in [1.165, 1.54) is 36.0 Å². The van der Waals surface area contributed by atoms with Gasteiger partial charge in [-0.15, -0.1) is 0 Å². The lowest BCUT2D eigenvalue weighted by Crippen LogP contribution is -2.14. The number of rotatable bonds is 2. The van der Waals surface area contributed by atoms with Gasteiger partial charge in [-0.2, -0.15) is 0 Å². The summed E-state index contributed by atoms with van der Waals surface area (Å²) in [4.78, 5) is 0. The van der Waals surface area contributed by atoms with Crippen LogP contribution in [0.1, 0.15) is 41.9 Å². The maximum Gasteiger partial charge on any atom is 0.122 e. The Morgan fingerprint density at radius 2 is 1.88 bits per heavy atom. The van der Waals surface area contributed by atoms with E-state index in [0.29, 0.717) is 5.92 Å². The smallest absolute Gasteiger partial charge is 0.122 e. The molecule has 0 spiro atoms. The van der Waals surface area contributed by atoms with Gasteiger partial charge in [0.25, 0.3) is 0 Å². The summed E-state index contributed by atoms with van der Waals surface area (Å²) in [5.41, 5.74) is 4.09. The Morgan fingerprint density at radius 3 is 2.65 bits per heavy atom. The molecule has 0 amide bonds. The molecule has 2 nitrogen and oxygen atoms in total. The van der Waals surface area contributed by atoms with Gasteiger partial charge in [0.15, 0.2) is 0 Å². The Morgan fingerprint density at radius 1 is 1.12 bits per heavy atom. The van der Waals surface area contributed by atoms with Crippen molar-refractivity contribution in [2.24, 2.45) is 0 Å². The largest absolute Gasteiger partial charge is 0.496 e. The molecule has 0 aliphatic carbocycles. The highest BCUT2D eigenvalue weighted by Gasteiger charge is 2.18. The lowest BCUT2D eigenvalue weighted by Gasteiger charge is -2.19. The summed E-state index contributed by atoms with van der Waals surface area (Å²) in [6.07, 6.45) is 3.76. The van der Waals surface area contributed by atoms with Crippen LogP contribution in [0.2, 0.25) is 0 Å². The highest BCUT2D eigenvalue weighted by Crippen LogP contribution is 2.34. The minimum absolute atomic E-state index is 0.652. The molecule has 1 heterocycles. The predicted molar refractivity (Wildman–Crippen MR) is 71.9 cm³/mol. The number of hydrogen-bond donors (Lipinski definition) is 1. The number of ether oxygens (including phenoxy) is 1. The molecule has 1 N–H and O–H groups in total. The van der Waals surface area contributed by atoms with E-state index in [9.17, 15) is 0 Å². The van der Waals surface area contributed by atoms with Gasteiger partial charge in [0, 0.05) is 0 Å². The van der Waals surface area contributed by atoms with E-state index in [1.807, 2.05) is 0 Å². The summed E-state index contributed by atoms with van der Waals surface area (Å²) < 4.78 is 5.55. The molecular formula is C15H23NO. The van der Waals surface area contributed by atoms with Gasteiger partial charge >= 0.3 is 0 Å². The topological polar surface area (TPSA) is 21.3 Å². The van der Waals surface area contributed by atoms with Crippen LogP contribution in [0.25, 0.3) is 0 Å². The quantitative estimate of drug-likeness (QED) is 0.847. The number of hydrogen-bond acceptors (Lipinski definition) is 2. The molecular weight excluding hydrogens is 210 g/mol. The standard InChI is InChI=1S/C15H23NO/c1-11-9-14(15(17-3)10-12(11)2)13-5-4-7-16-8-6-13/h9-10,13,16H,4-8H2,1-3H3. The van der Waals surface area contributed by atoms with Gasteiger partial charge in [-0.25, -0.2) is 0 Å². The van der Waals surface area contributed by atoms with E-state index >= 15 is 0 Å². The molecule has 1 fully saturated rings. The Kier molecular flexibility index (Phi) is 4.06. The highest BCUT2D eigenvalue weighted by atomic mass is 16.5. The molecule has 1 aliphatic rings. The summed E-state index contributed by atoms with van der Waals surface area (Å²) in [7, 11) is 1.78. The molecule has 2 rings (SSSR count). The Labute approximate surface area is 104 Å². The highest BCUT2D eigenvalue weighted by molar-refractivity contribution is 5.43. The van der Waals surface area contributed by atoms with Gasteiger partial charge < -0.3 is 10.1 Å². The first-order chi connectivity index (χ1) is 8.22.